The van der Waals surface area contributed by atoms with Crippen molar-refractivity contribution in [2.24, 2.45) is 0 Å². The van der Waals surface area contributed by atoms with Crippen LogP contribution in [-0.4, -0.2) is 4.98 Å². The second kappa shape index (κ2) is 5.43. The molecule has 0 aliphatic heterocycles. The van der Waals surface area contributed by atoms with Crippen LogP contribution in [0, 0.1) is 0 Å². The van der Waals surface area contributed by atoms with Crippen molar-refractivity contribution < 1.29 is 0 Å². The summed E-state index contributed by atoms with van der Waals surface area (Å²) in [5.41, 5.74) is 2.58. The predicted molar refractivity (Wildman–Crippen MR) is 85.9 cm³/mol. The number of nitrogens with one attached hydrogen (secondary N) is 1. The molecule has 1 N–H and O–H groups in total. The molecule has 3 heteroatoms. The normalized spacial score (nSPS) is 11.1. The number of halogens is 1. The summed E-state index contributed by atoms with van der Waals surface area (Å²) in [5.74, 6) is 0. The van der Waals surface area contributed by atoms with Crippen LogP contribution in [0.4, 0.5) is 0 Å². The van der Waals surface area contributed by atoms with E-state index < -0.39 is 0 Å². The van der Waals surface area contributed by atoms with Crippen LogP contribution >= 0.6 is 27.7 Å². The van der Waals surface area contributed by atoms with Gasteiger partial charge in [0.2, 0.25) is 0 Å². The van der Waals surface area contributed by atoms with Crippen molar-refractivity contribution in [1.82, 2.24) is 4.98 Å². The van der Waals surface area contributed by atoms with E-state index in [4.69, 9.17) is 0 Å². The highest BCUT2D eigenvalue weighted by Crippen LogP contribution is 2.36. The van der Waals surface area contributed by atoms with E-state index in [1.165, 1.54) is 26.3 Å². The van der Waals surface area contributed by atoms with Crippen LogP contribution in [0.5, 0.6) is 0 Å². The van der Waals surface area contributed by atoms with E-state index in [0.29, 0.717) is 0 Å². The Bertz CT molecular complexity index is 718. The molecule has 0 bridgehead atoms. The highest BCUT2D eigenvalue weighted by molar-refractivity contribution is 9.10. The first-order chi connectivity index (χ1) is 9.28. The number of aromatic amines is 1. The van der Waals surface area contributed by atoms with Crippen LogP contribution in [0.1, 0.15) is 12.5 Å². The van der Waals surface area contributed by atoms with E-state index in [1.54, 1.807) is 0 Å². The van der Waals surface area contributed by atoms with Crippen molar-refractivity contribution in [2.45, 2.75) is 23.1 Å². The molecule has 0 unspecified atom stereocenters. The van der Waals surface area contributed by atoms with Crippen molar-refractivity contribution in [3.63, 3.8) is 0 Å². The Balaban J connectivity index is 2.03. The van der Waals surface area contributed by atoms with E-state index in [9.17, 15) is 0 Å². The van der Waals surface area contributed by atoms with Crippen LogP contribution in [-0.2, 0) is 6.42 Å². The van der Waals surface area contributed by atoms with E-state index in [0.717, 1.165) is 10.9 Å². The van der Waals surface area contributed by atoms with E-state index >= 15 is 0 Å². The Morgan fingerprint density at radius 2 is 1.95 bits per heavy atom. The van der Waals surface area contributed by atoms with Gasteiger partial charge in [-0.1, -0.05) is 52.8 Å². The highest BCUT2D eigenvalue weighted by Gasteiger charge is 2.08. The number of fused-ring (bicyclic) bond motifs is 1. The molecule has 0 fully saturated rings. The van der Waals surface area contributed by atoms with Gasteiger partial charge >= 0.3 is 0 Å². The molecule has 0 aliphatic carbocycles. The Morgan fingerprint density at radius 1 is 1.11 bits per heavy atom. The molecule has 0 saturated heterocycles. The summed E-state index contributed by atoms with van der Waals surface area (Å²) in [6.07, 6.45) is 3.16. The maximum Gasteiger partial charge on any atom is 0.0466 e. The fourth-order valence-electron chi connectivity index (χ4n) is 2.17. The van der Waals surface area contributed by atoms with Crippen LogP contribution in [0.2, 0.25) is 0 Å². The van der Waals surface area contributed by atoms with Crippen molar-refractivity contribution in [3.05, 3.63) is 58.7 Å². The third kappa shape index (κ3) is 2.58. The Hall–Kier alpha value is -1.19. The number of hydrogen-bond donors (Lipinski definition) is 1. The number of H-pyrrole nitrogens is 1. The molecule has 2 aromatic carbocycles. The third-order valence-corrected chi connectivity index (χ3v) is 4.85. The molecule has 1 heterocycles. The van der Waals surface area contributed by atoms with E-state index in [-0.39, 0.29) is 0 Å². The SMILES string of the molecule is CCc1ccccc1Sc1c[nH]c2ccc(Br)cc12. The summed E-state index contributed by atoms with van der Waals surface area (Å²) < 4.78 is 1.12. The average Bonchev–Trinajstić information content (AvgIpc) is 2.82. The molecular formula is C16H14BrNS. The lowest BCUT2D eigenvalue weighted by Crippen LogP contribution is -1.83. The molecule has 0 spiro atoms. The van der Waals surface area contributed by atoms with Crippen LogP contribution in [0.15, 0.2) is 62.9 Å². The van der Waals surface area contributed by atoms with Crippen molar-refractivity contribution in [1.29, 1.82) is 0 Å². The fourth-order valence-corrected chi connectivity index (χ4v) is 3.65. The molecule has 96 valence electrons. The first-order valence-corrected chi connectivity index (χ1v) is 7.91. The summed E-state index contributed by atoms with van der Waals surface area (Å²) in [6, 6.07) is 14.9. The number of hydrogen-bond acceptors (Lipinski definition) is 1. The topological polar surface area (TPSA) is 15.8 Å². The standard InChI is InChI=1S/C16H14BrNS/c1-2-11-5-3-4-6-15(11)19-16-10-18-14-8-7-12(17)9-13(14)16/h3-10,18H,2H2,1H3. The van der Waals surface area contributed by atoms with E-state index in [2.05, 4.69) is 76.5 Å². The van der Waals surface area contributed by atoms with Gasteiger partial charge in [0.25, 0.3) is 0 Å². The van der Waals surface area contributed by atoms with Gasteiger partial charge in [-0.2, -0.15) is 0 Å². The molecule has 0 amide bonds. The second-order valence-corrected chi connectivity index (χ2v) is 6.41. The molecule has 0 radical (unpaired) electrons. The molecule has 3 aromatic rings. The minimum absolute atomic E-state index is 1.06. The van der Waals surface area contributed by atoms with Crippen LogP contribution in [0.25, 0.3) is 10.9 Å². The zero-order valence-electron chi connectivity index (χ0n) is 10.6. The molecular weight excluding hydrogens is 318 g/mol. The quantitative estimate of drug-likeness (QED) is 0.656. The van der Waals surface area contributed by atoms with Gasteiger partial charge in [-0.15, -0.1) is 0 Å². The van der Waals surface area contributed by atoms with E-state index in [1.807, 2.05) is 11.8 Å². The third-order valence-electron chi connectivity index (χ3n) is 3.18. The Kier molecular flexibility index (Phi) is 3.67. The smallest absolute Gasteiger partial charge is 0.0466 e. The predicted octanol–water partition coefficient (Wildman–Crippen LogP) is 5.64. The summed E-state index contributed by atoms with van der Waals surface area (Å²) in [6.45, 7) is 2.20. The minimum atomic E-state index is 1.06. The molecule has 0 aliphatic rings. The molecule has 1 nitrogen and oxygen atoms in total. The maximum absolute atomic E-state index is 3.54. The van der Waals surface area contributed by atoms with Gasteiger partial charge in [0, 0.05) is 31.4 Å². The van der Waals surface area contributed by atoms with Crippen molar-refractivity contribution in [3.8, 4) is 0 Å². The van der Waals surface area contributed by atoms with Gasteiger partial charge in [0.05, 0.1) is 0 Å². The van der Waals surface area contributed by atoms with Gasteiger partial charge in [-0.3, -0.25) is 0 Å². The number of benzene rings is 2. The van der Waals surface area contributed by atoms with Crippen LogP contribution in [0.3, 0.4) is 0 Å². The summed E-state index contributed by atoms with van der Waals surface area (Å²) in [7, 11) is 0. The number of aryl methyl sites for hydroxylation is 1. The molecule has 0 saturated carbocycles. The zero-order valence-corrected chi connectivity index (χ0v) is 13.0. The Morgan fingerprint density at radius 3 is 2.79 bits per heavy atom. The van der Waals surface area contributed by atoms with Crippen molar-refractivity contribution >= 4 is 38.6 Å². The van der Waals surface area contributed by atoms with Gasteiger partial charge in [0.15, 0.2) is 0 Å². The van der Waals surface area contributed by atoms with Gasteiger partial charge in [-0.05, 0) is 36.2 Å². The number of rotatable bonds is 3. The summed E-state index contributed by atoms with van der Waals surface area (Å²) in [4.78, 5) is 5.95. The fraction of sp³-hybridized carbons (Fsp3) is 0.125. The average molecular weight is 332 g/mol. The molecule has 0 atom stereocenters. The van der Waals surface area contributed by atoms with Gasteiger partial charge in [0.1, 0.15) is 0 Å². The zero-order chi connectivity index (χ0) is 13.2. The van der Waals surface area contributed by atoms with Crippen molar-refractivity contribution in [2.75, 3.05) is 0 Å². The van der Waals surface area contributed by atoms with Gasteiger partial charge < -0.3 is 4.98 Å². The second-order valence-electron chi connectivity index (χ2n) is 4.41. The highest BCUT2D eigenvalue weighted by atomic mass is 79.9. The number of aromatic nitrogens is 1. The lowest BCUT2D eigenvalue weighted by Gasteiger charge is -2.06. The maximum atomic E-state index is 3.54. The largest absolute Gasteiger partial charge is 0.360 e. The lowest BCUT2D eigenvalue weighted by atomic mass is 10.2. The Labute approximate surface area is 125 Å². The van der Waals surface area contributed by atoms with Gasteiger partial charge in [-0.25, -0.2) is 0 Å². The molecule has 1 aromatic heterocycles. The summed E-state index contributed by atoms with van der Waals surface area (Å²) in [5, 5.41) is 1.27. The first kappa shape index (κ1) is 12.8. The summed E-state index contributed by atoms with van der Waals surface area (Å²) >= 11 is 5.37. The lowest BCUT2D eigenvalue weighted by molar-refractivity contribution is 1.08. The van der Waals surface area contributed by atoms with Crippen LogP contribution < -0.4 is 0 Å². The molecule has 19 heavy (non-hydrogen) atoms. The first-order valence-electron chi connectivity index (χ1n) is 6.30. The minimum Gasteiger partial charge on any atom is -0.360 e. The molecule has 3 rings (SSSR count). The monoisotopic (exact) mass is 331 g/mol.